The minimum atomic E-state index is -1.48. The standard InChI is InChI=1S/C14H17F3O/c15-11-7-10(8-12(16)14(11)17)13(18)6-9-4-2-1-3-5-9/h7-9,13,18H,1-6H2. The molecule has 0 bridgehead atoms. The molecule has 1 aliphatic carbocycles. The Morgan fingerprint density at radius 2 is 1.61 bits per heavy atom. The predicted molar refractivity (Wildman–Crippen MR) is 62.5 cm³/mol. The van der Waals surface area contributed by atoms with Crippen LogP contribution in [0.2, 0.25) is 0 Å². The summed E-state index contributed by atoms with van der Waals surface area (Å²) in [5.41, 5.74) is 0.122. The van der Waals surface area contributed by atoms with Crippen molar-refractivity contribution in [2.24, 2.45) is 5.92 Å². The van der Waals surface area contributed by atoms with E-state index in [1.165, 1.54) is 6.42 Å². The van der Waals surface area contributed by atoms with Crippen LogP contribution in [0.5, 0.6) is 0 Å². The molecule has 1 aromatic rings. The second-order valence-corrected chi connectivity index (χ2v) is 5.05. The maximum atomic E-state index is 13.1. The minimum Gasteiger partial charge on any atom is -0.388 e. The summed E-state index contributed by atoms with van der Waals surface area (Å²) in [6, 6.07) is 1.76. The lowest BCUT2D eigenvalue weighted by atomic mass is 9.84. The third-order valence-corrected chi connectivity index (χ3v) is 3.67. The average Bonchev–Trinajstić information content (AvgIpc) is 2.36. The van der Waals surface area contributed by atoms with Gasteiger partial charge in [0.1, 0.15) is 0 Å². The molecule has 1 unspecified atom stereocenters. The lowest BCUT2D eigenvalue weighted by molar-refractivity contribution is 0.130. The molecule has 0 aromatic heterocycles. The first kappa shape index (κ1) is 13.4. The summed E-state index contributed by atoms with van der Waals surface area (Å²) in [7, 11) is 0. The third kappa shape index (κ3) is 3.05. The molecule has 1 atom stereocenters. The summed E-state index contributed by atoms with van der Waals surface area (Å²) in [4.78, 5) is 0. The van der Waals surface area contributed by atoms with Crippen molar-refractivity contribution < 1.29 is 18.3 Å². The molecule has 1 N–H and O–H groups in total. The Kier molecular flexibility index (Phi) is 4.27. The van der Waals surface area contributed by atoms with Gasteiger partial charge in [0.15, 0.2) is 17.5 Å². The maximum absolute atomic E-state index is 13.1. The van der Waals surface area contributed by atoms with Crippen LogP contribution in [0.25, 0.3) is 0 Å². The number of hydrogen-bond donors (Lipinski definition) is 1. The van der Waals surface area contributed by atoms with Crippen LogP contribution in [-0.2, 0) is 0 Å². The van der Waals surface area contributed by atoms with E-state index in [0.717, 1.165) is 37.8 Å². The molecule has 1 saturated carbocycles. The van der Waals surface area contributed by atoms with Gasteiger partial charge in [-0.2, -0.15) is 0 Å². The second kappa shape index (κ2) is 5.74. The van der Waals surface area contributed by atoms with Crippen LogP contribution in [0.3, 0.4) is 0 Å². The summed E-state index contributed by atoms with van der Waals surface area (Å²) in [6.07, 6.45) is 5.16. The van der Waals surface area contributed by atoms with Gasteiger partial charge in [0.2, 0.25) is 0 Å². The SMILES string of the molecule is OC(CC1CCCCC1)c1cc(F)c(F)c(F)c1. The first-order valence-electron chi connectivity index (χ1n) is 6.40. The smallest absolute Gasteiger partial charge is 0.194 e. The van der Waals surface area contributed by atoms with Gasteiger partial charge in [-0.3, -0.25) is 0 Å². The first-order chi connectivity index (χ1) is 8.58. The molecule has 1 fully saturated rings. The van der Waals surface area contributed by atoms with Crippen molar-refractivity contribution in [2.45, 2.75) is 44.6 Å². The van der Waals surface area contributed by atoms with Gasteiger partial charge in [-0.25, -0.2) is 13.2 Å². The molecule has 18 heavy (non-hydrogen) atoms. The molecule has 1 aromatic carbocycles. The average molecular weight is 258 g/mol. The molecule has 0 spiro atoms. The Bertz CT molecular complexity index is 390. The zero-order chi connectivity index (χ0) is 13.1. The highest BCUT2D eigenvalue weighted by molar-refractivity contribution is 5.21. The normalized spacial score (nSPS) is 18.9. The van der Waals surface area contributed by atoms with Crippen LogP contribution < -0.4 is 0 Å². The predicted octanol–water partition coefficient (Wildman–Crippen LogP) is 4.11. The van der Waals surface area contributed by atoms with Crippen molar-refractivity contribution in [3.63, 3.8) is 0 Å². The van der Waals surface area contributed by atoms with Crippen molar-refractivity contribution >= 4 is 0 Å². The summed E-state index contributed by atoms with van der Waals surface area (Å²) in [5, 5.41) is 9.96. The summed E-state index contributed by atoms with van der Waals surface area (Å²) in [5.74, 6) is -3.58. The Balaban J connectivity index is 2.06. The summed E-state index contributed by atoms with van der Waals surface area (Å²) >= 11 is 0. The number of halogens is 3. The van der Waals surface area contributed by atoms with Crippen molar-refractivity contribution in [1.82, 2.24) is 0 Å². The van der Waals surface area contributed by atoms with E-state index in [0.29, 0.717) is 12.3 Å². The van der Waals surface area contributed by atoms with E-state index in [1.807, 2.05) is 0 Å². The van der Waals surface area contributed by atoms with Gasteiger partial charge in [0.25, 0.3) is 0 Å². The van der Waals surface area contributed by atoms with Crippen LogP contribution in [-0.4, -0.2) is 5.11 Å². The molecule has 0 saturated heterocycles. The van der Waals surface area contributed by atoms with E-state index in [9.17, 15) is 18.3 Å². The molecule has 1 nitrogen and oxygen atoms in total. The molecule has 0 aliphatic heterocycles. The lowest BCUT2D eigenvalue weighted by Crippen LogP contribution is -2.11. The maximum Gasteiger partial charge on any atom is 0.194 e. The van der Waals surface area contributed by atoms with Crippen LogP contribution in [0.15, 0.2) is 12.1 Å². The van der Waals surface area contributed by atoms with Crippen molar-refractivity contribution in [3.8, 4) is 0 Å². The van der Waals surface area contributed by atoms with E-state index < -0.39 is 23.6 Å². The van der Waals surface area contributed by atoms with E-state index in [2.05, 4.69) is 0 Å². The minimum absolute atomic E-state index is 0.122. The largest absolute Gasteiger partial charge is 0.388 e. The Morgan fingerprint density at radius 3 is 2.17 bits per heavy atom. The highest BCUT2D eigenvalue weighted by Gasteiger charge is 2.21. The highest BCUT2D eigenvalue weighted by atomic mass is 19.2. The van der Waals surface area contributed by atoms with Crippen LogP contribution >= 0.6 is 0 Å². The number of aliphatic hydroxyl groups is 1. The van der Waals surface area contributed by atoms with Gasteiger partial charge >= 0.3 is 0 Å². The van der Waals surface area contributed by atoms with Crippen molar-refractivity contribution in [2.75, 3.05) is 0 Å². The van der Waals surface area contributed by atoms with Crippen molar-refractivity contribution in [3.05, 3.63) is 35.1 Å². The number of rotatable bonds is 3. The number of aliphatic hydroxyl groups excluding tert-OH is 1. The molecule has 4 heteroatoms. The second-order valence-electron chi connectivity index (χ2n) is 5.05. The van der Waals surface area contributed by atoms with Gasteiger partial charge in [-0.1, -0.05) is 32.1 Å². The Hall–Kier alpha value is -1.03. The Morgan fingerprint density at radius 1 is 1.06 bits per heavy atom. The van der Waals surface area contributed by atoms with Crippen molar-refractivity contribution in [1.29, 1.82) is 0 Å². The molecule has 0 amide bonds. The zero-order valence-electron chi connectivity index (χ0n) is 10.1. The van der Waals surface area contributed by atoms with Crippen LogP contribution in [0.1, 0.15) is 50.2 Å². The molecular weight excluding hydrogens is 241 g/mol. The van der Waals surface area contributed by atoms with E-state index >= 15 is 0 Å². The number of hydrogen-bond acceptors (Lipinski definition) is 1. The zero-order valence-corrected chi connectivity index (χ0v) is 10.1. The molecule has 0 heterocycles. The van der Waals surface area contributed by atoms with Gasteiger partial charge in [0.05, 0.1) is 6.10 Å². The van der Waals surface area contributed by atoms with Gasteiger partial charge in [-0.15, -0.1) is 0 Å². The first-order valence-corrected chi connectivity index (χ1v) is 6.40. The van der Waals surface area contributed by atoms with E-state index in [-0.39, 0.29) is 5.56 Å². The molecular formula is C14H17F3O. The topological polar surface area (TPSA) is 20.2 Å². The molecule has 0 radical (unpaired) electrons. The quantitative estimate of drug-likeness (QED) is 0.809. The lowest BCUT2D eigenvalue weighted by Gasteiger charge is -2.24. The molecule has 1 aliphatic rings. The fourth-order valence-corrected chi connectivity index (χ4v) is 2.64. The fourth-order valence-electron chi connectivity index (χ4n) is 2.64. The summed E-state index contributed by atoms with van der Waals surface area (Å²) < 4.78 is 38.9. The number of benzene rings is 1. The van der Waals surface area contributed by atoms with Gasteiger partial charge in [0, 0.05) is 0 Å². The Labute approximate surface area is 105 Å². The van der Waals surface area contributed by atoms with Crippen LogP contribution in [0.4, 0.5) is 13.2 Å². The molecule has 2 rings (SSSR count). The van der Waals surface area contributed by atoms with Gasteiger partial charge < -0.3 is 5.11 Å². The van der Waals surface area contributed by atoms with E-state index in [4.69, 9.17) is 0 Å². The van der Waals surface area contributed by atoms with Crippen LogP contribution in [0, 0.1) is 23.4 Å². The fraction of sp³-hybridized carbons (Fsp3) is 0.571. The summed E-state index contributed by atoms with van der Waals surface area (Å²) in [6.45, 7) is 0. The molecule has 100 valence electrons. The van der Waals surface area contributed by atoms with Gasteiger partial charge in [-0.05, 0) is 30.0 Å². The monoisotopic (exact) mass is 258 g/mol. The third-order valence-electron chi connectivity index (χ3n) is 3.67. The highest BCUT2D eigenvalue weighted by Crippen LogP contribution is 2.32. The van der Waals surface area contributed by atoms with E-state index in [1.54, 1.807) is 0 Å².